The lowest BCUT2D eigenvalue weighted by molar-refractivity contribution is -0.113. The Bertz CT molecular complexity index is 1460. The molecule has 1 aliphatic rings. The van der Waals surface area contributed by atoms with Gasteiger partial charge in [-0.2, -0.15) is 13.2 Å². The van der Waals surface area contributed by atoms with Crippen molar-refractivity contribution in [3.8, 4) is 0 Å². The van der Waals surface area contributed by atoms with Gasteiger partial charge in [0, 0.05) is 18.3 Å². The van der Waals surface area contributed by atoms with E-state index in [9.17, 15) is 22.4 Å². The van der Waals surface area contributed by atoms with Gasteiger partial charge in [0.2, 0.25) is 0 Å². The second-order valence-electron chi connectivity index (χ2n) is 9.96. The van der Waals surface area contributed by atoms with Crippen LogP contribution in [0, 0.1) is 17.1 Å². The molecule has 1 amide bonds. The predicted octanol–water partition coefficient (Wildman–Crippen LogP) is 6.28. The highest BCUT2D eigenvalue weighted by Crippen LogP contribution is 2.32. The minimum Gasteiger partial charge on any atom is -0.384 e. The third-order valence-electron chi connectivity index (χ3n) is 6.83. The molecular formula is C31H31F4N5O. The minimum atomic E-state index is -4.80. The van der Waals surface area contributed by atoms with Crippen molar-refractivity contribution in [2.75, 3.05) is 23.8 Å². The SMILES string of the molecule is C=C(/C=C(/C(=O)Nc1cc(C(NCC2CC2)c2ccccc2)ccc1F)N(C)c1cccc(C(=N)N)c1)C(F)(F)F. The van der Waals surface area contributed by atoms with Crippen molar-refractivity contribution in [3.05, 3.63) is 119 Å². The number of carbonyl (C=O) groups is 1. The number of amides is 1. The van der Waals surface area contributed by atoms with Gasteiger partial charge in [-0.25, -0.2) is 4.39 Å². The summed E-state index contributed by atoms with van der Waals surface area (Å²) < 4.78 is 55.3. The monoisotopic (exact) mass is 565 g/mol. The van der Waals surface area contributed by atoms with Crippen molar-refractivity contribution in [2.45, 2.75) is 25.1 Å². The van der Waals surface area contributed by atoms with Crippen LogP contribution in [0.25, 0.3) is 0 Å². The maximum Gasteiger partial charge on any atom is 0.415 e. The fourth-order valence-corrected chi connectivity index (χ4v) is 4.27. The highest BCUT2D eigenvalue weighted by Gasteiger charge is 2.32. The summed E-state index contributed by atoms with van der Waals surface area (Å²) >= 11 is 0. The first kappa shape index (κ1) is 29.5. The average molecular weight is 566 g/mol. The zero-order valence-corrected chi connectivity index (χ0v) is 22.4. The van der Waals surface area contributed by atoms with Crippen LogP contribution in [0.1, 0.15) is 35.6 Å². The first-order chi connectivity index (χ1) is 19.4. The van der Waals surface area contributed by atoms with Crippen LogP contribution in [0.3, 0.4) is 0 Å². The smallest absolute Gasteiger partial charge is 0.384 e. The molecule has 0 aliphatic heterocycles. The molecule has 0 aromatic heterocycles. The number of alkyl halides is 3. The van der Waals surface area contributed by atoms with Crippen molar-refractivity contribution >= 4 is 23.1 Å². The van der Waals surface area contributed by atoms with E-state index in [-0.39, 0.29) is 23.3 Å². The number of allylic oxidation sites excluding steroid dienone is 2. The Morgan fingerprint density at radius 3 is 2.44 bits per heavy atom. The quantitative estimate of drug-likeness (QED) is 0.0724. The maximum absolute atomic E-state index is 15.0. The van der Waals surface area contributed by atoms with Gasteiger partial charge in [-0.15, -0.1) is 0 Å². The molecule has 214 valence electrons. The van der Waals surface area contributed by atoms with Gasteiger partial charge >= 0.3 is 6.18 Å². The maximum atomic E-state index is 15.0. The van der Waals surface area contributed by atoms with Crippen LogP contribution in [0.5, 0.6) is 0 Å². The Morgan fingerprint density at radius 1 is 1.10 bits per heavy atom. The van der Waals surface area contributed by atoms with Crippen LogP contribution in [-0.2, 0) is 4.79 Å². The van der Waals surface area contributed by atoms with E-state index in [2.05, 4.69) is 17.2 Å². The molecule has 1 saturated carbocycles. The van der Waals surface area contributed by atoms with Gasteiger partial charge in [0.05, 0.1) is 17.3 Å². The number of nitrogens with zero attached hydrogens (tertiary/aromatic N) is 1. The third-order valence-corrected chi connectivity index (χ3v) is 6.83. The molecule has 5 N–H and O–H groups in total. The van der Waals surface area contributed by atoms with E-state index >= 15 is 0 Å². The standard InChI is InChI=1S/C31H31F4N5O/c1-19(31(33,34)35)15-27(40(2)24-10-6-9-23(16-24)29(36)37)30(41)39-26-17-22(13-14-25(26)32)28(38-18-20-11-12-20)21-7-4-3-5-8-21/h3-10,13-17,20,28,38H,1,11-12,18H2,2H3,(H3,36,37)(H,39,41)/b27-15-. The molecule has 1 unspecified atom stereocenters. The highest BCUT2D eigenvalue weighted by atomic mass is 19.4. The number of benzene rings is 3. The Morgan fingerprint density at radius 2 is 1.80 bits per heavy atom. The van der Waals surface area contributed by atoms with E-state index in [0.29, 0.717) is 23.1 Å². The van der Waals surface area contributed by atoms with Crippen LogP contribution >= 0.6 is 0 Å². The second kappa shape index (κ2) is 12.4. The highest BCUT2D eigenvalue weighted by molar-refractivity contribution is 6.07. The van der Waals surface area contributed by atoms with Crippen molar-refractivity contribution in [1.82, 2.24) is 5.32 Å². The normalized spacial score (nSPS) is 14.3. The van der Waals surface area contributed by atoms with Crippen LogP contribution in [-0.4, -0.2) is 31.5 Å². The van der Waals surface area contributed by atoms with E-state index < -0.39 is 29.2 Å². The molecule has 0 heterocycles. The zero-order valence-electron chi connectivity index (χ0n) is 22.4. The number of hydrogen-bond acceptors (Lipinski definition) is 4. The lowest BCUT2D eigenvalue weighted by Crippen LogP contribution is -2.29. The van der Waals surface area contributed by atoms with Gasteiger partial charge in [-0.3, -0.25) is 10.2 Å². The fourth-order valence-electron chi connectivity index (χ4n) is 4.27. The number of nitrogens with one attached hydrogen (secondary N) is 3. The molecule has 3 aromatic rings. The van der Waals surface area contributed by atoms with Gasteiger partial charge in [0.1, 0.15) is 17.3 Å². The number of hydrogen-bond donors (Lipinski definition) is 4. The lowest BCUT2D eigenvalue weighted by Gasteiger charge is -2.24. The zero-order chi connectivity index (χ0) is 29.7. The molecule has 1 aliphatic carbocycles. The summed E-state index contributed by atoms with van der Waals surface area (Å²) in [7, 11) is 1.38. The van der Waals surface area contributed by atoms with E-state index in [1.54, 1.807) is 24.3 Å². The molecule has 0 radical (unpaired) electrons. The van der Waals surface area contributed by atoms with Crippen LogP contribution < -0.4 is 21.3 Å². The fraction of sp³-hybridized carbons (Fsp3) is 0.226. The molecule has 3 aromatic carbocycles. The van der Waals surface area contributed by atoms with Crippen molar-refractivity contribution in [1.29, 1.82) is 5.41 Å². The van der Waals surface area contributed by atoms with E-state index in [0.717, 1.165) is 24.9 Å². The van der Waals surface area contributed by atoms with Crippen molar-refractivity contribution in [3.63, 3.8) is 0 Å². The summed E-state index contributed by atoms with van der Waals surface area (Å²) in [5, 5.41) is 13.6. The molecule has 0 spiro atoms. The first-order valence-corrected chi connectivity index (χ1v) is 13.0. The Kier molecular flexibility index (Phi) is 8.92. The van der Waals surface area contributed by atoms with Gasteiger partial charge in [0.15, 0.2) is 0 Å². The molecule has 1 atom stereocenters. The van der Waals surface area contributed by atoms with Crippen molar-refractivity contribution in [2.24, 2.45) is 11.7 Å². The van der Waals surface area contributed by atoms with Gasteiger partial charge in [-0.05, 0) is 66.8 Å². The third kappa shape index (κ3) is 7.61. The summed E-state index contributed by atoms with van der Waals surface area (Å²) in [6.45, 7) is 3.83. The Balaban J connectivity index is 1.68. The Labute approximate surface area is 236 Å². The summed E-state index contributed by atoms with van der Waals surface area (Å²) in [6.07, 6.45) is -1.92. The number of nitrogens with two attached hydrogens (primary N) is 1. The van der Waals surface area contributed by atoms with E-state index in [4.69, 9.17) is 11.1 Å². The number of carbonyl (C=O) groups excluding carboxylic acids is 1. The molecule has 10 heteroatoms. The van der Waals surface area contributed by atoms with Gasteiger partial charge in [-0.1, -0.05) is 55.1 Å². The molecule has 4 rings (SSSR count). The molecule has 0 saturated heterocycles. The number of halogens is 4. The predicted molar refractivity (Wildman–Crippen MR) is 153 cm³/mol. The number of nitrogen functional groups attached to an aromatic ring is 1. The number of anilines is 2. The van der Waals surface area contributed by atoms with Crippen molar-refractivity contribution < 1.29 is 22.4 Å². The van der Waals surface area contributed by atoms with Gasteiger partial charge < -0.3 is 21.3 Å². The lowest BCUT2D eigenvalue weighted by atomic mass is 9.97. The minimum absolute atomic E-state index is 0.184. The van der Waals surface area contributed by atoms with Gasteiger partial charge in [0.25, 0.3) is 5.91 Å². The number of rotatable bonds is 11. The first-order valence-electron chi connectivity index (χ1n) is 13.0. The molecule has 6 nitrogen and oxygen atoms in total. The second-order valence-corrected chi connectivity index (χ2v) is 9.96. The summed E-state index contributed by atoms with van der Waals surface area (Å²) in [6, 6.07) is 19.7. The van der Waals surface area contributed by atoms with Crippen LogP contribution in [0.4, 0.5) is 28.9 Å². The molecule has 1 fully saturated rings. The summed E-state index contributed by atoms with van der Waals surface area (Å²) in [5.74, 6) is -1.40. The van der Waals surface area contributed by atoms with E-state index in [1.165, 1.54) is 30.1 Å². The Hall–Kier alpha value is -4.44. The van der Waals surface area contributed by atoms with Crippen LogP contribution in [0.15, 0.2) is 96.7 Å². The molecule has 41 heavy (non-hydrogen) atoms. The molecule has 0 bridgehead atoms. The summed E-state index contributed by atoms with van der Waals surface area (Å²) in [5.41, 5.74) is 5.90. The van der Waals surface area contributed by atoms with E-state index in [1.807, 2.05) is 30.3 Å². The average Bonchev–Trinajstić information content (AvgIpc) is 3.77. The molecular weight excluding hydrogens is 534 g/mol. The topological polar surface area (TPSA) is 94.2 Å². The number of amidine groups is 1. The largest absolute Gasteiger partial charge is 0.415 e. The number of likely N-dealkylation sites (N-methyl/N-ethyl adjacent to an activating group) is 1. The van der Waals surface area contributed by atoms with Crippen LogP contribution in [0.2, 0.25) is 0 Å². The summed E-state index contributed by atoms with van der Waals surface area (Å²) in [4.78, 5) is 14.7.